The molecule has 2 N–H and O–H groups in total. The number of likely N-dealkylation sites (N-methyl/N-ethyl adjacent to an activating group) is 1. The van der Waals surface area contributed by atoms with Crippen molar-refractivity contribution in [2.75, 3.05) is 25.5 Å². The van der Waals surface area contributed by atoms with E-state index in [9.17, 15) is 19.7 Å². The van der Waals surface area contributed by atoms with E-state index in [2.05, 4.69) is 10.6 Å². The fourth-order valence-corrected chi connectivity index (χ4v) is 2.20. The Morgan fingerprint density at radius 1 is 1.21 bits per heavy atom. The number of nitro groups is 1. The van der Waals surface area contributed by atoms with Gasteiger partial charge in [-0.1, -0.05) is 6.07 Å². The van der Waals surface area contributed by atoms with Gasteiger partial charge in [-0.25, -0.2) is 0 Å². The Kier molecular flexibility index (Phi) is 6.84. The predicted octanol–water partition coefficient (Wildman–Crippen LogP) is 1.61. The van der Waals surface area contributed by atoms with Crippen LogP contribution in [0.4, 0.5) is 11.4 Å². The van der Waals surface area contributed by atoms with Crippen LogP contribution in [0, 0.1) is 24.0 Å². The lowest BCUT2D eigenvalue weighted by molar-refractivity contribution is -0.384. The zero-order valence-electron chi connectivity index (χ0n) is 14.7. The number of amides is 2. The van der Waals surface area contributed by atoms with Gasteiger partial charge in [0.1, 0.15) is 5.69 Å². The number of carbonyl (C=O) groups is 2. The molecule has 0 spiro atoms. The number of rotatable bonds is 7. The first kappa shape index (κ1) is 19.6. The molecule has 0 atom stereocenters. The van der Waals surface area contributed by atoms with E-state index in [4.69, 9.17) is 0 Å². The summed E-state index contributed by atoms with van der Waals surface area (Å²) in [5.41, 5.74) is 1.55. The van der Waals surface area contributed by atoms with E-state index in [-0.39, 0.29) is 36.4 Å². The number of aryl methyl sites for hydroxylation is 1. The molecule has 0 aliphatic rings. The van der Waals surface area contributed by atoms with Gasteiger partial charge in [0.05, 0.1) is 18.0 Å². The predicted molar refractivity (Wildman–Crippen MR) is 92.0 cm³/mol. The van der Waals surface area contributed by atoms with Crippen LogP contribution in [0.1, 0.15) is 25.0 Å². The monoisotopic (exact) mass is 336 g/mol. The van der Waals surface area contributed by atoms with Crippen LogP contribution < -0.4 is 10.6 Å². The van der Waals surface area contributed by atoms with Crippen molar-refractivity contribution in [2.24, 2.45) is 0 Å². The minimum atomic E-state index is -0.526. The Balaban J connectivity index is 2.77. The first-order valence-corrected chi connectivity index (χ1v) is 7.64. The maximum Gasteiger partial charge on any atom is 0.293 e. The topological polar surface area (TPSA) is 105 Å². The molecule has 2 amide bonds. The van der Waals surface area contributed by atoms with Crippen LogP contribution in [0.5, 0.6) is 0 Å². The first-order chi connectivity index (χ1) is 11.1. The lowest BCUT2D eigenvalue weighted by atomic mass is 10.1. The molecule has 0 aromatic heterocycles. The average Bonchev–Trinajstić information content (AvgIpc) is 2.42. The molecule has 132 valence electrons. The third-order valence-electron chi connectivity index (χ3n) is 3.45. The summed E-state index contributed by atoms with van der Waals surface area (Å²) in [7, 11) is 1.64. The number of hydrogen-bond donors (Lipinski definition) is 2. The smallest absolute Gasteiger partial charge is 0.293 e. The highest BCUT2D eigenvalue weighted by Gasteiger charge is 2.20. The number of nitrogens with one attached hydrogen (secondary N) is 2. The molecule has 0 radical (unpaired) electrons. The van der Waals surface area contributed by atoms with Crippen LogP contribution in [-0.2, 0) is 9.59 Å². The van der Waals surface area contributed by atoms with Gasteiger partial charge in [-0.05, 0) is 45.9 Å². The van der Waals surface area contributed by atoms with Gasteiger partial charge in [0.2, 0.25) is 11.8 Å². The molecule has 0 saturated heterocycles. The molecule has 1 aromatic rings. The van der Waals surface area contributed by atoms with Gasteiger partial charge >= 0.3 is 0 Å². The SMILES string of the molecule is Cc1ccc([N+](=O)[O-])c(NC(=O)CN(C)CC(=O)NC(C)C)c1C. The third-order valence-corrected chi connectivity index (χ3v) is 3.45. The molecule has 0 bridgehead atoms. The van der Waals surface area contributed by atoms with Crippen molar-refractivity contribution in [2.45, 2.75) is 33.7 Å². The van der Waals surface area contributed by atoms with Crippen molar-refractivity contribution in [3.8, 4) is 0 Å². The van der Waals surface area contributed by atoms with Gasteiger partial charge in [-0.3, -0.25) is 24.6 Å². The van der Waals surface area contributed by atoms with Crippen molar-refractivity contribution >= 4 is 23.2 Å². The van der Waals surface area contributed by atoms with Crippen LogP contribution in [0.2, 0.25) is 0 Å². The summed E-state index contributed by atoms with van der Waals surface area (Å²) in [6.07, 6.45) is 0. The Labute approximate surface area is 141 Å². The van der Waals surface area contributed by atoms with Gasteiger partial charge in [-0.2, -0.15) is 0 Å². The van der Waals surface area contributed by atoms with Gasteiger partial charge in [0.15, 0.2) is 0 Å². The number of hydrogen-bond acceptors (Lipinski definition) is 5. The first-order valence-electron chi connectivity index (χ1n) is 7.64. The zero-order valence-corrected chi connectivity index (χ0v) is 14.7. The second-order valence-corrected chi connectivity index (χ2v) is 6.10. The fourth-order valence-electron chi connectivity index (χ4n) is 2.20. The average molecular weight is 336 g/mol. The summed E-state index contributed by atoms with van der Waals surface area (Å²) in [6, 6.07) is 3.04. The molecule has 0 aliphatic carbocycles. The number of carbonyl (C=O) groups excluding carboxylic acids is 2. The maximum absolute atomic E-state index is 12.2. The van der Waals surface area contributed by atoms with Gasteiger partial charge in [0, 0.05) is 12.1 Å². The summed E-state index contributed by atoms with van der Waals surface area (Å²) < 4.78 is 0. The molecular formula is C16H24N4O4. The fraction of sp³-hybridized carbons (Fsp3) is 0.500. The molecule has 1 rings (SSSR count). The number of nitro benzene ring substituents is 1. The highest BCUT2D eigenvalue weighted by molar-refractivity contribution is 5.95. The van der Waals surface area contributed by atoms with E-state index < -0.39 is 10.8 Å². The molecule has 0 saturated carbocycles. The van der Waals surface area contributed by atoms with Crippen molar-refractivity contribution in [3.05, 3.63) is 33.4 Å². The molecule has 1 aromatic carbocycles. The van der Waals surface area contributed by atoms with E-state index in [1.54, 1.807) is 24.9 Å². The summed E-state index contributed by atoms with van der Waals surface area (Å²) in [6.45, 7) is 7.26. The lowest BCUT2D eigenvalue weighted by Crippen LogP contribution is -2.41. The second-order valence-electron chi connectivity index (χ2n) is 6.10. The van der Waals surface area contributed by atoms with E-state index in [1.165, 1.54) is 6.07 Å². The van der Waals surface area contributed by atoms with E-state index in [0.29, 0.717) is 5.56 Å². The Hall–Kier alpha value is -2.48. The molecule has 8 nitrogen and oxygen atoms in total. The number of benzene rings is 1. The largest absolute Gasteiger partial charge is 0.353 e. The molecule has 0 aliphatic heterocycles. The lowest BCUT2D eigenvalue weighted by Gasteiger charge is -2.18. The number of nitrogens with zero attached hydrogens (tertiary/aromatic N) is 2. The molecule has 0 unspecified atom stereocenters. The van der Waals surface area contributed by atoms with Crippen LogP contribution in [0.3, 0.4) is 0 Å². The molecule has 8 heteroatoms. The summed E-state index contributed by atoms with van der Waals surface area (Å²) >= 11 is 0. The van der Waals surface area contributed by atoms with E-state index in [0.717, 1.165) is 5.56 Å². The van der Waals surface area contributed by atoms with E-state index in [1.807, 2.05) is 20.8 Å². The van der Waals surface area contributed by atoms with Crippen molar-refractivity contribution in [1.29, 1.82) is 0 Å². The highest BCUT2D eigenvalue weighted by atomic mass is 16.6. The maximum atomic E-state index is 12.2. The molecule has 24 heavy (non-hydrogen) atoms. The Bertz CT molecular complexity index is 643. The molecular weight excluding hydrogens is 312 g/mol. The van der Waals surface area contributed by atoms with Gasteiger partial charge in [-0.15, -0.1) is 0 Å². The normalized spacial score (nSPS) is 10.8. The Morgan fingerprint density at radius 3 is 2.33 bits per heavy atom. The van der Waals surface area contributed by atoms with Crippen molar-refractivity contribution < 1.29 is 14.5 Å². The van der Waals surface area contributed by atoms with Crippen LogP contribution >= 0.6 is 0 Å². The summed E-state index contributed by atoms with van der Waals surface area (Å²) in [5.74, 6) is -0.593. The van der Waals surface area contributed by atoms with Crippen molar-refractivity contribution in [3.63, 3.8) is 0 Å². The minimum absolute atomic E-state index is 0.0253. The van der Waals surface area contributed by atoms with Gasteiger partial charge in [0.25, 0.3) is 5.69 Å². The third kappa shape index (κ3) is 5.62. The Morgan fingerprint density at radius 2 is 1.79 bits per heavy atom. The molecule has 0 heterocycles. The second kappa shape index (κ2) is 8.39. The standard InChI is InChI=1S/C16H24N4O4/c1-10(2)17-14(21)8-19(5)9-15(22)18-16-12(4)11(3)6-7-13(16)20(23)24/h6-7,10H,8-9H2,1-5H3,(H,17,21)(H,18,22). The number of anilines is 1. The zero-order chi connectivity index (χ0) is 18.4. The van der Waals surface area contributed by atoms with Crippen LogP contribution in [0.15, 0.2) is 12.1 Å². The minimum Gasteiger partial charge on any atom is -0.353 e. The van der Waals surface area contributed by atoms with E-state index >= 15 is 0 Å². The van der Waals surface area contributed by atoms with Crippen LogP contribution in [-0.4, -0.2) is 47.8 Å². The van der Waals surface area contributed by atoms with Gasteiger partial charge < -0.3 is 10.6 Å². The quantitative estimate of drug-likeness (QED) is 0.581. The summed E-state index contributed by atoms with van der Waals surface area (Å²) in [4.78, 5) is 36.0. The van der Waals surface area contributed by atoms with Crippen LogP contribution in [0.25, 0.3) is 0 Å². The van der Waals surface area contributed by atoms with Crippen molar-refractivity contribution in [1.82, 2.24) is 10.2 Å². The highest BCUT2D eigenvalue weighted by Crippen LogP contribution is 2.30. The summed E-state index contributed by atoms with van der Waals surface area (Å²) in [5, 5.41) is 16.5. The molecule has 0 fully saturated rings.